The van der Waals surface area contributed by atoms with Gasteiger partial charge in [0, 0.05) is 0 Å². The number of aromatic nitrogens is 2. The average molecular weight is 324 g/mol. The fourth-order valence-electron chi connectivity index (χ4n) is 4.88. The third-order valence-corrected chi connectivity index (χ3v) is 6.44. The lowest BCUT2D eigenvalue weighted by Crippen LogP contribution is -2.35. The van der Waals surface area contributed by atoms with E-state index in [1.807, 2.05) is 18.2 Å². The number of hydrogen-bond acceptors (Lipinski definition) is 3. The van der Waals surface area contributed by atoms with E-state index in [1.165, 1.54) is 57.8 Å². The molecular formula is C21H28N2O. The number of nitrogens with zero attached hydrogens (tertiary/aromatic N) is 2. The maximum absolute atomic E-state index is 6.29. The van der Waals surface area contributed by atoms with Crippen LogP contribution in [0.5, 0.6) is 5.88 Å². The second-order valence-electron chi connectivity index (χ2n) is 8.00. The Morgan fingerprint density at radius 1 is 0.958 bits per heavy atom. The molecule has 0 saturated heterocycles. The van der Waals surface area contributed by atoms with E-state index in [0.29, 0.717) is 11.5 Å². The Bertz CT molecular complexity index is 680. The highest BCUT2D eigenvalue weighted by Gasteiger charge is 2.37. The highest BCUT2D eigenvalue weighted by Crippen LogP contribution is 2.48. The van der Waals surface area contributed by atoms with Gasteiger partial charge in [-0.15, -0.1) is 0 Å². The molecule has 0 radical (unpaired) electrons. The molecule has 2 fully saturated rings. The van der Waals surface area contributed by atoms with Crippen molar-refractivity contribution in [3.8, 4) is 5.88 Å². The van der Waals surface area contributed by atoms with Gasteiger partial charge in [0.15, 0.2) is 0 Å². The van der Waals surface area contributed by atoms with E-state index in [0.717, 1.165) is 22.7 Å². The number of ether oxygens (including phenoxy) is 1. The fraction of sp³-hybridized carbons (Fsp3) is 0.619. The number of fused-ring (bicyclic) bond motifs is 1. The lowest BCUT2D eigenvalue weighted by molar-refractivity contribution is 0.0455. The van der Waals surface area contributed by atoms with Gasteiger partial charge in [0.1, 0.15) is 12.4 Å². The zero-order valence-corrected chi connectivity index (χ0v) is 14.7. The van der Waals surface area contributed by atoms with E-state index in [2.05, 4.69) is 23.0 Å². The molecule has 1 aromatic carbocycles. The molecule has 2 aliphatic carbocycles. The molecule has 1 heterocycles. The van der Waals surface area contributed by atoms with Crippen molar-refractivity contribution in [2.75, 3.05) is 0 Å². The quantitative estimate of drug-likeness (QED) is 0.743. The molecule has 24 heavy (non-hydrogen) atoms. The first kappa shape index (κ1) is 15.9. The van der Waals surface area contributed by atoms with Crippen molar-refractivity contribution in [3.05, 3.63) is 30.6 Å². The van der Waals surface area contributed by atoms with Crippen LogP contribution in [0.4, 0.5) is 0 Å². The lowest BCUT2D eigenvalue weighted by atomic mass is 9.63. The van der Waals surface area contributed by atoms with Crippen LogP contribution in [0.2, 0.25) is 0 Å². The monoisotopic (exact) mass is 324 g/mol. The zero-order chi connectivity index (χ0) is 16.4. The molecule has 0 atom stereocenters. The maximum Gasteiger partial charge on any atom is 0.224 e. The highest BCUT2D eigenvalue weighted by molar-refractivity contribution is 5.82. The predicted molar refractivity (Wildman–Crippen MR) is 97.1 cm³/mol. The first-order valence-corrected chi connectivity index (χ1v) is 9.61. The molecule has 0 spiro atoms. The molecule has 0 bridgehead atoms. The lowest BCUT2D eigenvalue weighted by Gasteiger charge is -2.44. The van der Waals surface area contributed by atoms with E-state index >= 15 is 0 Å². The summed E-state index contributed by atoms with van der Waals surface area (Å²) in [4.78, 5) is 8.72. The van der Waals surface area contributed by atoms with Crippen LogP contribution >= 0.6 is 0 Å². The topological polar surface area (TPSA) is 35.0 Å². The van der Waals surface area contributed by atoms with E-state index in [4.69, 9.17) is 4.74 Å². The SMILES string of the molecule is CC1([C@H]2CC[C@@H](Oc3ncnc4ccccc34)CC2)CCCCC1. The Kier molecular flexibility index (Phi) is 4.43. The van der Waals surface area contributed by atoms with E-state index < -0.39 is 0 Å². The van der Waals surface area contributed by atoms with Crippen LogP contribution in [0.3, 0.4) is 0 Å². The molecule has 0 amide bonds. The minimum atomic E-state index is 0.312. The summed E-state index contributed by atoms with van der Waals surface area (Å²) in [5.74, 6) is 1.65. The largest absolute Gasteiger partial charge is 0.474 e. The summed E-state index contributed by atoms with van der Waals surface area (Å²) in [6.45, 7) is 2.54. The zero-order valence-electron chi connectivity index (χ0n) is 14.7. The van der Waals surface area contributed by atoms with Crippen molar-refractivity contribution in [2.24, 2.45) is 11.3 Å². The predicted octanol–water partition coefficient (Wildman–Crippen LogP) is 5.54. The van der Waals surface area contributed by atoms with Gasteiger partial charge in [0.05, 0.1) is 10.9 Å². The normalized spacial score (nSPS) is 27.0. The van der Waals surface area contributed by atoms with Crippen LogP contribution in [0.1, 0.15) is 64.7 Å². The van der Waals surface area contributed by atoms with Crippen molar-refractivity contribution in [1.29, 1.82) is 0 Å². The number of para-hydroxylation sites is 1. The molecule has 2 aliphatic rings. The summed E-state index contributed by atoms with van der Waals surface area (Å²) in [5.41, 5.74) is 1.55. The molecule has 2 aromatic rings. The fourth-order valence-corrected chi connectivity index (χ4v) is 4.88. The van der Waals surface area contributed by atoms with Gasteiger partial charge in [-0.2, -0.15) is 0 Å². The Balaban J connectivity index is 1.41. The highest BCUT2D eigenvalue weighted by atomic mass is 16.5. The van der Waals surface area contributed by atoms with Gasteiger partial charge in [0.2, 0.25) is 5.88 Å². The van der Waals surface area contributed by atoms with Crippen LogP contribution in [0, 0.1) is 11.3 Å². The Hall–Kier alpha value is -1.64. The smallest absolute Gasteiger partial charge is 0.224 e. The minimum Gasteiger partial charge on any atom is -0.474 e. The number of rotatable bonds is 3. The molecule has 0 aliphatic heterocycles. The van der Waals surface area contributed by atoms with E-state index in [9.17, 15) is 0 Å². The summed E-state index contributed by atoms with van der Waals surface area (Å²) < 4.78 is 6.29. The van der Waals surface area contributed by atoms with Gasteiger partial charge in [-0.05, 0) is 62.0 Å². The molecule has 4 rings (SSSR count). The first-order chi connectivity index (χ1) is 11.7. The number of benzene rings is 1. The second-order valence-corrected chi connectivity index (χ2v) is 8.00. The second kappa shape index (κ2) is 6.70. The van der Waals surface area contributed by atoms with Crippen molar-refractivity contribution >= 4 is 10.9 Å². The van der Waals surface area contributed by atoms with Gasteiger partial charge in [-0.1, -0.05) is 38.3 Å². The standard InChI is InChI=1S/C21H28N2O/c1-21(13-5-2-6-14-21)16-9-11-17(12-10-16)24-20-18-7-3-4-8-19(18)22-15-23-20/h3-4,7-8,15-17H,2,5-6,9-14H2,1H3/t16-,17+. The Morgan fingerprint density at radius 3 is 2.50 bits per heavy atom. The molecule has 2 saturated carbocycles. The average Bonchev–Trinajstić information content (AvgIpc) is 2.63. The van der Waals surface area contributed by atoms with Crippen LogP contribution in [0.15, 0.2) is 30.6 Å². The molecular weight excluding hydrogens is 296 g/mol. The molecule has 0 unspecified atom stereocenters. The van der Waals surface area contributed by atoms with Crippen LogP contribution in [0.25, 0.3) is 10.9 Å². The maximum atomic E-state index is 6.29. The number of hydrogen-bond donors (Lipinski definition) is 0. The van der Waals surface area contributed by atoms with E-state index in [1.54, 1.807) is 6.33 Å². The minimum absolute atomic E-state index is 0.312. The van der Waals surface area contributed by atoms with Gasteiger partial charge in [-0.3, -0.25) is 0 Å². The molecule has 3 nitrogen and oxygen atoms in total. The van der Waals surface area contributed by atoms with E-state index in [-0.39, 0.29) is 0 Å². The van der Waals surface area contributed by atoms with Gasteiger partial charge < -0.3 is 4.74 Å². The van der Waals surface area contributed by atoms with Crippen molar-refractivity contribution < 1.29 is 4.74 Å². The van der Waals surface area contributed by atoms with Crippen LogP contribution in [-0.4, -0.2) is 16.1 Å². The van der Waals surface area contributed by atoms with Crippen molar-refractivity contribution in [1.82, 2.24) is 9.97 Å². The summed E-state index contributed by atoms with van der Waals surface area (Å²) >= 11 is 0. The molecule has 0 N–H and O–H groups in total. The molecule has 128 valence electrons. The van der Waals surface area contributed by atoms with Crippen LogP contribution in [-0.2, 0) is 0 Å². The van der Waals surface area contributed by atoms with Gasteiger partial charge in [-0.25, -0.2) is 9.97 Å². The van der Waals surface area contributed by atoms with Crippen molar-refractivity contribution in [2.45, 2.75) is 70.8 Å². The summed E-state index contributed by atoms with van der Waals surface area (Å²) in [6, 6.07) is 8.11. The third kappa shape index (κ3) is 3.13. The van der Waals surface area contributed by atoms with Crippen molar-refractivity contribution in [3.63, 3.8) is 0 Å². The Labute approximate surface area is 144 Å². The summed E-state index contributed by atoms with van der Waals surface area (Å²) in [7, 11) is 0. The summed E-state index contributed by atoms with van der Waals surface area (Å²) in [6.07, 6.45) is 14.0. The van der Waals surface area contributed by atoms with Gasteiger partial charge >= 0.3 is 0 Å². The third-order valence-electron chi connectivity index (χ3n) is 6.44. The van der Waals surface area contributed by atoms with Gasteiger partial charge in [0.25, 0.3) is 0 Å². The first-order valence-electron chi connectivity index (χ1n) is 9.61. The molecule has 1 aromatic heterocycles. The molecule has 3 heteroatoms. The Morgan fingerprint density at radius 2 is 1.71 bits per heavy atom. The van der Waals surface area contributed by atoms with Crippen LogP contribution < -0.4 is 4.74 Å². The summed E-state index contributed by atoms with van der Waals surface area (Å²) in [5, 5.41) is 1.03.